The van der Waals surface area contributed by atoms with Gasteiger partial charge in [0.1, 0.15) is 0 Å². The summed E-state index contributed by atoms with van der Waals surface area (Å²) in [7, 11) is 0. The number of amides is 1. The van der Waals surface area contributed by atoms with E-state index in [0.29, 0.717) is 6.04 Å². The number of rotatable bonds is 4. The molecule has 98 valence electrons. The fourth-order valence-electron chi connectivity index (χ4n) is 2.32. The van der Waals surface area contributed by atoms with Gasteiger partial charge in [-0.1, -0.05) is 6.92 Å². The molecule has 0 unspecified atom stereocenters. The van der Waals surface area contributed by atoms with Gasteiger partial charge in [-0.3, -0.25) is 4.79 Å². The topological polar surface area (TPSA) is 41.1 Å². The highest BCUT2D eigenvalue weighted by Crippen LogP contribution is 2.29. The molecule has 3 heteroatoms. The largest absolute Gasteiger partial charge is 0.382 e. The first-order chi connectivity index (χ1) is 8.54. The van der Waals surface area contributed by atoms with Crippen LogP contribution in [0.3, 0.4) is 0 Å². The van der Waals surface area contributed by atoms with Gasteiger partial charge in [0.15, 0.2) is 0 Å². The van der Waals surface area contributed by atoms with Gasteiger partial charge in [0.25, 0.3) is 5.91 Å². The van der Waals surface area contributed by atoms with E-state index in [1.807, 2.05) is 38.1 Å². The molecule has 0 bridgehead atoms. The highest BCUT2D eigenvalue weighted by molar-refractivity contribution is 5.94. The van der Waals surface area contributed by atoms with E-state index in [1.165, 1.54) is 12.8 Å². The van der Waals surface area contributed by atoms with Crippen LogP contribution in [-0.2, 0) is 0 Å². The molecule has 0 aromatic heterocycles. The van der Waals surface area contributed by atoms with Gasteiger partial charge in [-0.2, -0.15) is 0 Å². The van der Waals surface area contributed by atoms with Crippen molar-refractivity contribution in [3.63, 3.8) is 0 Å². The molecule has 3 nitrogen and oxygen atoms in total. The van der Waals surface area contributed by atoms with Crippen LogP contribution in [0, 0.1) is 5.92 Å². The Morgan fingerprint density at radius 1 is 1.22 bits per heavy atom. The summed E-state index contributed by atoms with van der Waals surface area (Å²) in [6.45, 7) is 6.20. The van der Waals surface area contributed by atoms with E-state index in [4.69, 9.17) is 0 Å². The first kappa shape index (κ1) is 12.9. The summed E-state index contributed by atoms with van der Waals surface area (Å²) < 4.78 is 0. The van der Waals surface area contributed by atoms with Crippen molar-refractivity contribution in [1.29, 1.82) is 0 Å². The van der Waals surface area contributed by atoms with Crippen LogP contribution >= 0.6 is 0 Å². The molecule has 1 saturated carbocycles. The van der Waals surface area contributed by atoms with Crippen molar-refractivity contribution in [2.75, 3.05) is 5.32 Å². The van der Waals surface area contributed by atoms with Crippen LogP contribution in [0.4, 0.5) is 5.69 Å². The molecule has 1 aliphatic rings. The quantitative estimate of drug-likeness (QED) is 0.857. The zero-order chi connectivity index (χ0) is 13.1. The van der Waals surface area contributed by atoms with Crippen molar-refractivity contribution in [2.45, 2.75) is 45.7 Å². The van der Waals surface area contributed by atoms with E-state index in [1.54, 1.807) is 0 Å². The first-order valence-corrected chi connectivity index (χ1v) is 6.72. The zero-order valence-corrected chi connectivity index (χ0v) is 11.4. The highest BCUT2D eigenvalue weighted by atomic mass is 16.1. The minimum absolute atomic E-state index is 0.00573. The van der Waals surface area contributed by atoms with Crippen molar-refractivity contribution in [1.82, 2.24) is 5.32 Å². The fraction of sp³-hybridized carbons (Fsp3) is 0.533. The Labute approximate surface area is 109 Å². The van der Waals surface area contributed by atoms with Gasteiger partial charge in [-0.15, -0.1) is 0 Å². The molecule has 1 amide bonds. The molecule has 2 rings (SSSR count). The van der Waals surface area contributed by atoms with Crippen LogP contribution < -0.4 is 10.6 Å². The molecule has 2 N–H and O–H groups in total. The molecule has 18 heavy (non-hydrogen) atoms. The third kappa shape index (κ3) is 3.25. The lowest BCUT2D eigenvalue weighted by Crippen LogP contribution is -2.33. The summed E-state index contributed by atoms with van der Waals surface area (Å²) in [5, 5.41) is 6.37. The summed E-state index contributed by atoms with van der Waals surface area (Å²) >= 11 is 0. The average molecular weight is 246 g/mol. The second-order valence-electron chi connectivity index (χ2n) is 5.62. The van der Waals surface area contributed by atoms with E-state index < -0.39 is 0 Å². The lowest BCUT2D eigenvalue weighted by Gasteiger charge is -2.34. The molecule has 0 saturated heterocycles. The van der Waals surface area contributed by atoms with Crippen molar-refractivity contribution in [3.05, 3.63) is 29.8 Å². The van der Waals surface area contributed by atoms with Crippen molar-refractivity contribution < 1.29 is 4.79 Å². The molecule has 0 aliphatic heterocycles. The van der Waals surface area contributed by atoms with Crippen LogP contribution in [0.25, 0.3) is 0 Å². The van der Waals surface area contributed by atoms with Crippen LogP contribution in [0.1, 0.15) is 44.0 Å². The third-order valence-corrected chi connectivity index (χ3v) is 3.31. The SMILES string of the molecule is CC1CC(Nc2ccc(C(=O)NC(C)C)cc2)C1. The summed E-state index contributed by atoms with van der Waals surface area (Å²) in [5.74, 6) is 0.840. The molecule has 0 heterocycles. The summed E-state index contributed by atoms with van der Waals surface area (Å²) in [6, 6.07) is 8.50. The number of nitrogens with one attached hydrogen (secondary N) is 2. The van der Waals surface area contributed by atoms with Crippen molar-refractivity contribution in [3.8, 4) is 0 Å². The number of carbonyl (C=O) groups excluding carboxylic acids is 1. The van der Waals surface area contributed by atoms with E-state index in [2.05, 4.69) is 17.6 Å². The highest BCUT2D eigenvalue weighted by Gasteiger charge is 2.24. The van der Waals surface area contributed by atoms with Gasteiger partial charge in [-0.25, -0.2) is 0 Å². The molecule has 1 aromatic rings. The smallest absolute Gasteiger partial charge is 0.251 e. The van der Waals surface area contributed by atoms with Crippen LogP contribution in [-0.4, -0.2) is 18.0 Å². The lowest BCUT2D eigenvalue weighted by molar-refractivity contribution is 0.0943. The van der Waals surface area contributed by atoms with Gasteiger partial charge in [0.2, 0.25) is 0 Å². The monoisotopic (exact) mass is 246 g/mol. The Kier molecular flexibility index (Phi) is 3.90. The number of carbonyl (C=O) groups is 1. The zero-order valence-electron chi connectivity index (χ0n) is 11.4. The van der Waals surface area contributed by atoms with Crippen LogP contribution in [0.5, 0.6) is 0 Å². The molecule has 0 atom stereocenters. The van der Waals surface area contributed by atoms with Crippen LogP contribution in [0.15, 0.2) is 24.3 Å². The number of benzene rings is 1. The minimum Gasteiger partial charge on any atom is -0.382 e. The summed E-state index contributed by atoms with van der Waals surface area (Å²) in [6.07, 6.45) is 2.49. The van der Waals surface area contributed by atoms with Gasteiger partial charge in [0.05, 0.1) is 0 Å². The molecule has 1 fully saturated rings. The summed E-state index contributed by atoms with van der Waals surface area (Å²) in [5.41, 5.74) is 1.82. The van der Waals surface area contributed by atoms with Crippen molar-refractivity contribution >= 4 is 11.6 Å². The maximum absolute atomic E-state index is 11.8. The molecule has 0 radical (unpaired) electrons. The molecular weight excluding hydrogens is 224 g/mol. The number of anilines is 1. The normalized spacial score (nSPS) is 22.4. The Morgan fingerprint density at radius 2 is 1.83 bits per heavy atom. The standard InChI is InChI=1S/C15H22N2O/c1-10(2)16-15(18)12-4-6-13(7-5-12)17-14-8-11(3)9-14/h4-7,10-11,14,17H,8-9H2,1-3H3,(H,16,18). The van der Waals surface area contributed by atoms with E-state index >= 15 is 0 Å². The average Bonchev–Trinajstić information content (AvgIpc) is 2.27. The molecule has 1 aliphatic carbocycles. The molecule has 0 spiro atoms. The number of hydrogen-bond acceptors (Lipinski definition) is 2. The van der Waals surface area contributed by atoms with Crippen LogP contribution in [0.2, 0.25) is 0 Å². The van der Waals surface area contributed by atoms with E-state index in [9.17, 15) is 4.79 Å². The summed E-state index contributed by atoms with van der Waals surface area (Å²) in [4.78, 5) is 11.8. The predicted octanol–water partition coefficient (Wildman–Crippen LogP) is 3.04. The second kappa shape index (κ2) is 5.42. The molecular formula is C15H22N2O. The Balaban J connectivity index is 1.91. The Hall–Kier alpha value is -1.51. The van der Waals surface area contributed by atoms with E-state index in [0.717, 1.165) is 17.2 Å². The predicted molar refractivity (Wildman–Crippen MR) is 74.9 cm³/mol. The first-order valence-electron chi connectivity index (χ1n) is 6.72. The molecule has 1 aromatic carbocycles. The maximum Gasteiger partial charge on any atom is 0.251 e. The second-order valence-corrected chi connectivity index (χ2v) is 5.62. The Bertz CT molecular complexity index is 405. The number of hydrogen-bond donors (Lipinski definition) is 2. The maximum atomic E-state index is 11.8. The van der Waals surface area contributed by atoms with Gasteiger partial charge >= 0.3 is 0 Å². The van der Waals surface area contributed by atoms with Crippen molar-refractivity contribution in [2.24, 2.45) is 5.92 Å². The Morgan fingerprint density at radius 3 is 2.33 bits per heavy atom. The lowest BCUT2D eigenvalue weighted by atomic mass is 9.82. The van der Waals surface area contributed by atoms with E-state index in [-0.39, 0.29) is 11.9 Å². The fourth-order valence-corrected chi connectivity index (χ4v) is 2.32. The minimum atomic E-state index is -0.00573. The van der Waals surface area contributed by atoms with Gasteiger partial charge in [0, 0.05) is 23.3 Å². The third-order valence-electron chi connectivity index (χ3n) is 3.31. The van der Waals surface area contributed by atoms with Gasteiger partial charge < -0.3 is 10.6 Å². The van der Waals surface area contributed by atoms with Gasteiger partial charge in [-0.05, 0) is 56.9 Å².